The van der Waals surface area contributed by atoms with Crippen LogP contribution in [0.25, 0.3) is 0 Å². The number of benzene rings is 1. The standard InChI is InChI=1S/C17H21BrN4O2S/c1-23-13-9-8-12(14(18)15(13)24-2)10-19-22-16(20-21-17(22)25)11-6-4-3-5-7-11/h8-11H,3-7H2,1-2H3,(H,21,25)/b19-10-. The third-order valence-electron chi connectivity index (χ3n) is 4.47. The van der Waals surface area contributed by atoms with E-state index in [1.165, 1.54) is 19.3 Å². The fourth-order valence-corrected chi connectivity index (χ4v) is 3.94. The minimum absolute atomic E-state index is 0.410. The Hall–Kier alpha value is -1.67. The molecule has 1 aliphatic carbocycles. The van der Waals surface area contributed by atoms with E-state index in [2.05, 4.69) is 31.2 Å². The van der Waals surface area contributed by atoms with Crippen LogP contribution in [-0.4, -0.2) is 35.3 Å². The number of ether oxygens (including phenoxy) is 2. The van der Waals surface area contributed by atoms with Crippen LogP contribution in [0.1, 0.15) is 49.4 Å². The number of aromatic amines is 1. The average molecular weight is 425 g/mol. The van der Waals surface area contributed by atoms with Crippen molar-refractivity contribution in [2.75, 3.05) is 14.2 Å². The number of aromatic nitrogens is 3. The highest BCUT2D eigenvalue weighted by atomic mass is 79.9. The second-order valence-corrected chi connectivity index (χ2v) is 7.16. The molecule has 1 heterocycles. The molecule has 1 saturated carbocycles. The monoisotopic (exact) mass is 424 g/mol. The maximum Gasteiger partial charge on any atom is 0.216 e. The molecule has 8 heteroatoms. The molecule has 0 atom stereocenters. The normalized spacial score (nSPS) is 15.6. The van der Waals surface area contributed by atoms with Crippen LogP contribution >= 0.6 is 28.1 Å². The Kier molecular flexibility index (Phi) is 5.90. The molecule has 6 nitrogen and oxygen atoms in total. The first kappa shape index (κ1) is 18.1. The maximum atomic E-state index is 5.41. The lowest BCUT2D eigenvalue weighted by Gasteiger charge is -2.19. The van der Waals surface area contributed by atoms with E-state index in [4.69, 9.17) is 21.7 Å². The Balaban J connectivity index is 1.93. The van der Waals surface area contributed by atoms with Gasteiger partial charge in [-0.15, -0.1) is 0 Å². The summed E-state index contributed by atoms with van der Waals surface area (Å²) in [6.07, 6.45) is 7.78. The summed E-state index contributed by atoms with van der Waals surface area (Å²) in [4.78, 5) is 0. The molecule has 0 saturated heterocycles. The Bertz CT molecular complexity index is 825. The van der Waals surface area contributed by atoms with Gasteiger partial charge in [0.2, 0.25) is 4.77 Å². The molecule has 134 valence electrons. The molecule has 2 aromatic rings. The number of halogens is 1. The van der Waals surface area contributed by atoms with Crippen LogP contribution in [0.5, 0.6) is 11.5 Å². The van der Waals surface area contributed by atoms with Crippen LogP contribution in [0, 0.1) is 4.77 Å². The number of nitrogens with zero attached hydrogens (tertiary/aromatic N) is 3. The molecular formula is C17H21BrN4O2S. The van der Waals surface area contributed by atoms with Crippen molar-refractivity contribution in [1.29, 1.82) is 0 Å². The summed E-state index contributed by atoms with van der Waals surface area (Å²) in [5.41, 5.74) is 0.871. The van der Waals surface area contributed by atoms with Crippen molar-refractivity contribution < 1.29 is 9.47 Å². The summed E-state index contributed by atoms with van der Waals surface area (Å²) in [5.74, 6) is 2.62. The Morgan fingerprint density at radius 3 is 2.72 bits per heavy atom. The molecule has 1 N–H and O–H groups in total. The van der Waals surface area contributed by atoms with Crippen LogP contribution in [0.3, 0.4) is 0 Å². The molecule has 3 rings (SSSR count). The van der Waals surface area contributed by atoms with Gasteiger partial charge in [0.25, 0.3) is 0 Å². The number of H-pyrrole nitrogens is 1. The summed E-state index contributed by atoms with van der Waals surface area (Å²) in [6.45, 7) is 0. The zero-order valence-corrected chi connectivity index (χ0v) is 16.7. The number of hydrogen-bond acceptors (Lipinski definition) is 5. The molecule has 0 bridgehead atoms. The smallest absolute Gasteiger partial charge is 0.216 e. The quantitative estimate of drug-likeness (QED) is 0.560. The minimum Gasteiger partial charge on any atom is -0.493 e. The van der Waals surface area contributed by atoms with Gasteiger partial charge in [0.15, 0.2) is 17.3 Å². The van der Waals surface area contributed by atoms with Crippen molar-refractivity contribution >= 4 is 34.4 Å². The number of hydrogen-bond donors (Lipinski definition) is 1. The molecule has 0 aliphatic heterocycles. The topological polar surface area (TPSA) is 64.4 Å². The van der Waals surface area contributed by atoms with Crippen molar-refractivity contribution in [3.63, 3.8) is 0 Å². The molecule has 0 radical (unpaired) electrons. The van der Waals surface area contributed by atoms with Gasteiger partial charge in [0, 0.05) is 11.5 Å². The second kappa shape index (κ2) is 8.14. The molecular weight excluding hydrogens is 404 g/mol. The van der Waals surface area contributed by atoms with E-state index in [1.54, 1.807) is 25.1 Å². The van der Waals surface area contributed by atoms with E-state index in [0.717, 1.165) is 28.7 Å². The first-order chi connectivity index (χ1) is 12.2. The summed E-state index contributed by atoms with van der Waals surface area (Å²) in [7, 11) is 3.22. The summed E-state index contributed by atoms with van der Waals surface area (Å²) in [6, 6.07) is 3.76. The highest BCUT2D eigenvalue weighted by Gasteiger charge is 2.21. The fourth-order valence-electron chi connectivity index (χ4n) is 3.16. The van der Waals surface area contributed by atoms with Crippen LogP contribution in [0.15, 0.2) is 21.7 Å². The second-order valence-electron chi connectivity index (χ2n) is 5.98. The van der Waals surface area contributed by atoms with E-state index >= 15 is 0 Å². The van der Waals surface area contributed by atoms with Gasteiger partial charge in [-0.2, -0.15) is 14.9 Å². The Labute approximate surface area is 160 Å². The maximum absolute atomic E-state index is 5.41. The highest BCUT2D eigenvalue weighted by molar-refractivity contribution is 9.10. The molecule has 1 aromatic carbocycles. The highest BCUT2D eigenvalue weighted by Crippen LogP contribution is 2.37. The van der Waals surface area contributed by atoms with Crippen LogP contribution in [0.2, 0.25) is 0 Å². The molecule has 0 amide bonds. The first-order valence-electron chi connectivity index (χ1n) is 8.28. The molecule has 1 aliphatic rings. The molecule has 1 aromatic heterocycles. The zero-order chi connectivity index (χ0) is 17.8. The molecule has 25 heavy (non-hydrogen) atoms. The van der Waals surface area contributed by atoms with Gasteiger partial charge in [0.1, 0.15) is 0 Å². The fraction of sp³-hybridized carbons (Fsp3) is 0.471. The van der Waals surface area contributed by atoms with Gasteiger partial charge >= 0.3 is 0 Å². The van der Waals surface area contributed by atoms with Gasteiger partial charge in [-0.05, 0) is 53.1 Å². The average Bonchev–Trinajstić information content (AvgIpc) is 3.01. The van der Waals surface area contributed by atoms with E-state index < -0.39 is 0 Å². The SMILES string of the molecule is COc1ccc(/C=N\n2c(C3CCCCC3)n[nH]c2=S)c(Br)c1OC. The van der Waals surface area contributed by atoms with Gasteiger partial charge in [-0.25, -0.2) is 0 Å². The van der Waals surface area contributed by atoms with Crippen molar-refractivity contribution in [2.24, 2.45) is 5.10 Å². The lowest BCUT2D eigenvalue weighted by Crippen LogP contribution is -2.10. The van der Waals surface area contributed by atoms with E-state index in [-0.39, 0.29) is 0 Å². The molecule has 0 unspecified atom stereocenters. The van der Waals surface area contributed by atoms with Crippen molar-refractivity contribution in [2.45, 2.75) is 38.0 Å². The molecule has 0 spiro atoms. The largest absolute Gasteiger partial charge is 0.493 e. The predicted molar refractivity (Wildman–Crippen MR) is 103 cm³/mol. The Morgan fingerprint density at radius 1 is 1.28 bits per heavy atom. The van der Waals surface area contributed by atoms with E-state index in [9.17, 15) is 0 Å². The summed E-state index contributed by atoms with van der Waals surface area (Å²) in [5, 5.41) is 11.9. The van der Waals surface area contributed by atoms with Crippen LogP contribution in [0.4, 0.5) is 0 Å². The van der Waals surface area contributed by atoms with Gasteiger partial charge in [0.05, 0.1) is 24.9 Å². The number of nitrogens with one attached hydrogen (secondary N) is 1. The minimum atomic E-state index is 0.410. The van der Waals surface area contributed by atoms with Crippen molar-refractivity contribution in [1.82, 2.24) is 14.9 Å². The third kappa shape index (κ3) is 3.79. The van der Waals surface area contributed by atoms with Crippen LogP contribution < -0.4 is 9.47 Å². The van der Waals surface area contributed by atoms with Crippen LogP contribution in [-0.2, 0) is 0 Å². The third-order valence-corrected chi connectivity index (χ3v) is 5.56. The lowest BCUT2D eigenvalue weighted by atomic mass is 9.89. The van der Waals surface area contributed by atoms with Crippen molar-refractivity contribution in [3.05, 3.63) is 32.8 Å². The van der Waals surface area contributed by atoms with Crippen molar-refractivity contribution in [3.8, 4) is 11.5 Å². The summed E-state index contributed by atoms with van der Waals surface area (Å²) < 4.78 is 13.7. The van der Waals surface area contributed by atoms with E-state index in [1.807, 2.05) is 12.1 Å². The number of methoxy groups -OCH3 is 2. The van der Waals surface area contributed by atoms with Gasteiger partial charge < -0.3 is 9.47 Å². The number of rotatable bonds is 5. The Morgan fingerprint density at radius 2 is 2.04 bits per heavy atom. The predicted octanol–water partition coefficient (Wildman–Crippen LogP) is 4.65. The lowest BCUT2D eigenvalue weighted by molar-refractivity contribution is 0.353. The summed E-state index contributed by atoms with van der Waals surface area (Å²) >= 11 is 8.91. The first-order valence-corrected chi connectivity index (χ1v) is 9.48. The molecule has 1 fully saturated rings. The van der Waals surface area contributed by atoms with E-state index in [0.29, 0.717) is 22.2 Å². The zero-order valence-electron chi connectivity index (χ0n) is 14.3. The van der Waals surface area contributed by atoms with Gasteiger partial charge in [-0.3, -0.25) is 5.10 Å². The van der Waals surface area contributed by atoms with Gasteiger partial charge in [-0.1, -0.05) is 19.3 Å².